The predicted octanol–water partition coefficient (Wildman–Crippen LogP) is 1.98. The number of anilines is 2. The first-order valence-electron chi connectivity index (χ1n) is 9.20. The van der Waals surface area contributed by atoms with E-state index in [4.69, 9.17) is 5.73 Å². The Labute approximate surface area is 153 Å². The second kappa shape index (κ2) is 7.17. The first kappa shape index (κ1) is 17.2. The van der Waals surface area contributed by atoms with Crippen molar-refractivity contribution in [2.24, 2.45) is 5.92 Å². The minimum atomic E-state index is -0.190. The van der Waals surface area contributed by atoms with Crippen molar-refractivity contribution in [2.75, 3.05) is 30.3 Å². The molecule has 4 N–H and O–H groups in total. The molecule has 0 saturated carbocycles. The number of benzene rings is 1. The number of halogens is 1. The highest BCUT2D eigenvalue weighted by Gasteiger charge is 2.37. The summed E-state index contributed by atoms with van der Waals surface area (Å²) in [4.78, 5) is 10.9. The van der Waals surface area contributed by atoms with Gasteiger partial charge in [0.25, 0.3) is 0 Å². The molecule has 3 atom stereocenters. The van der Waals surface area contributed by atoms with E-state index in [0.717, 1.165) is 44.0 Å². The number of nitrogens with two attached hydrogens (primary N) is 1. The topological polar surface area (TPSA) is 79.1 Å². The monoisotopic (exact) mass is 356 g/mol. The molecule has 2 fully saturated rings. The van der Waals surface area contributed by atoms with Crippen LogP contribution in [0, 0.1) is 18.7 Å². The van der Waals surface area contributed by atoms with Crippen LogP contribution >= 0.6 is 0 Å². The molecule has 138 valence electrons. The average molecular weight is 356 g/mol. The fourth-order valence-corrected chi connectivity index (χ4v) is 4.24. The summed E-state index contributed by atoms with van der Waals surface area (Å²) in [6.07, 6.45) is 2.27. The molecule has 2 aliphatic rings. The summed E-state index contributed by atoms with van der Waals surface area (Å²) in [5.41, 5.74) is 14.6. The molecule has 2 saturated heterocycles. The van der Waals surface area contributed by atoms with E-state index in [-0.39, 0.29) is 5.82 Å². The standard InChI is InChI=1S/C19H25FN6/c1-12-9-17(24-19(21)23-12)26-8-2-3-14(11-26)18-16(10-22-25-18)13-4-6-15(20)7-5-13/h4-7,9,14,16,18,22,25H,2-3,8,10-11H2,1H3,(H2,21,23,24). The van der Waals surface area contributed by atoms with Gasteiger partial charge in [-0.2, -0.15) is 4.98 Å². The van der Waals surface area contributed by atoms with Crippen LogP contribution in [0.1, 0.15) is 30.0 Å². The fraction of sp³-hybridized carbons (Fsp3) is 0.474. The van der Waals surface area contributed by atoms with Crippen LogP contribution in [-0.4, -0.2) is 35.6 Å². The molecule has 2 aromatic rings. The van der Waals surface area contributed by atoms with Crippen molar-refractivity contribution < 1.29 is 4.39 Å². The number of nitrogens with zero attached hydrogens (tertiary/aromatic N) is 3. The molecule has 0 radical (unpaired) electrons. The lowest BCUT2D eigenvalue weighted by Crippen LogP contribution is -2.47. The van der Waals surface area contributed by atoms with Crippen molar-refractivity contribution in [1.29, 1.82) is 0 Å². The Morgan fingerprint density at radius 1 is 1.23 bits per heavy atom. The van der Waals surface area contributed by atoms with Gasteiger partial charge in [-0.25, -0.2) is 9.37 Å². The van der Waals surface area contributed by atoms with Crippen LogP contribution in [0.5, 0.6) is 0 Å². The number of hydrazine groups is 1. The number of hydrogen-bond donors (Lipinski definition) is 3. The largest absolute Gasteiger partial charge is 0.368 e. The van der Waals surface area contributed by atoms with Gasteiger partial charge in [0.1, 0.15) is 11.6 Å². The van der Waals surface area contributed by atoms with Crippen molar-refractivity contribution in [3.05, 3.63) is 47.4 Å². The van der Waals surface area contributed by atoms with Crippen LogP contribution in [0.4, 0.5) is 16.2 Å². The van der Waals surface area contributed by atoms with E-state index in [2.05, 4.69) is 25.7 Å². The Balaban J connectivity index is 1.52. The molecule has 0 bridgehead atoms. The molecule has 2 aliphatic heterocycles. The van der Waals surface area contributed by atoms with Crippen molar-refractivity contribution in [2.45, 2.75) is 31.7 Å². The third-order valence-electron chi connectivity index (χ3n) is 5.47. The molecule has 6 nitrogen and oxygen atoms in total. The average Bonchev–Trinajstić information content (AvgIpc) is 3.11. The SMILES string of the molecule is Cc1cc(N2CCCC(C3NNCC3c3ccc(F)cc3)C2)nc(N)n1. The van der Waals surface area contributed by atoms with Crippen LogP contribution in [0.15, 0.2) is 30.3 Å². The quantitative estimate of drug-likeness (QED) is 0.781. The Hall–Kier alpha value is -2.25. The van der Waals surface area contributed by atoms with Gasteiger partial charge in [-0.3, -0.25) is 10.9 Å². The zero-order valence-electron chi connectivity index (χ0n) is 15.0. The van der Waals surface area contributed by atoms with E-state index >= 15 is 0 Å². The van der Waals surface area contributed by atoms with Crippen LogP contribution < -0.4 is 21.5 Å². The molecule has 1 aromatic heterocycles. The maximum absolute atomic E-state index is 13.3. The van der Waals surface area contributed by atoms with E-state index < -0.39 is 0 Å². The van der Waals surface area contributed by atoms with Crippen molar-refractivity contribution in [3.8, 4) is 0 Å². The van der Waals surface area contributed by atoms with E-state index in [1.54, 1.807) is 12.1 Å². The maximum Gasteiger partial charge on any atom is 0.222 e. The zero-order valence-corrected chi connectivity index (χ0v) is 15.0. The number of nitrogens with one attached hydrogen (secondary N) is 2. The van der Waals surface area contributed by atoms with Crippen molar-refractivity contribution in [1.82, 2.24) is 20.8 Å². The number of piperidine rings is 1. The van der Waals surface area contributed by atoms with E-state index in [1.165, 1.54) is 5.56 Å². The molecular formula is C19H25FN6. The van der Waals surface area contributed by atoms with Crippen LogP contribution in [0.3, 0.4) is 0 Å². The van der Waals surface area contributed by atoms with Crippen molar-refractivity contribution in [3.63, 3.8) is 0 Å². The Morgan fingerprint density at radius 3 is 2.81 bits per heavy atom. The number of rotatable bonds is 3. The van der Waals surface area contributed by atoms with Gasteiger partial charge in [0, 0.05) is 43.4 Å². The number of nitrogen functional groups attached to an aromatic ring is 1. The van der Waals surface area contributed by atoms with E-state index in [0.29, 0.717) is 23.8 Å². The zero-order chi connectivity index (χ0) is 18.1. The van der Waals surface area contributed by atoms with Gasteiger partial charge < -0.3 is 10.6 Å². The normalized spacial score (nSPS) is 26.2. The third kappa shape index (κ3) is 3.50. The molecule has 7 heteroatoms. The Bertz CT molecular complexity index is 745. The molecule has 0 spiro atoms. The van der Waals surface area contributed by atoms with Gasteiger partial charge >= 0.3 is 0 Å². The predicted molar refractivity (Wildman–Crippen MR) is 100 cm³/mol. The third-order valence-corrected chi connectivity index (χ3v) is 5.47. The summed E-state index contributed by atoms with van der Waals surface area (Å²) in [6, 6.07) is 9.20. The maximum atomic E-state index is 13.3. The first-order valence-corrected chi connectivity index (χ1v) is 9.20. The summed E-state index contributed by atoms with van der Waals surface area (Å²) in [5, 5.41) is 0. The number of aromatic nitrogens is 2. The van der Waals surface area contributed by atoms with Crippen LogP contribution in [0.25, 0.3) is 0 Å². The lowest BCUT2D eigenvalue weighted by atomic mass is 9.81. The molecule has 26 heavy (non-hydrogen) atoms. The highest BCUT2D eigenvalue weighted by atomic mass is 19.1. The molecule has 3 heterocycles. The molecular weight excluding hydrogens is 331 g/mol. The number of hydrogen-bond acceptors (Lipinski definition) is 6. The number of aryl methyl sites for hydroxylation is 1. The molecule has 0 amide bonds. The van der Waals surface area contributed by atoms with Gasteiger partial charge in [-0.05, 0) is 43.4 Å². The molecule has 4 rings (SSSR count). The summed E-state index contributed by atoms with van der Waals surface area (Å²) < 4.78 is 13.3. The van der Waals surface area contributed by atoms with E-state index in [1.807, 2.05) is 25.1 Å². The van der Waals surface area contributed by atoms with Gasteiger partial charge in [0.2, 0.25) is 5.95 Å². The summed E-state index contributed by atoms with van der Waals surface area (Å²) in [7, 11) is 0. The van der Waals surface area contributed by atoms with Gasteiger partial charge in [-0.15, -0.1) is 0 Å². The van der Waals surface area contributed by atoms with Gasteiger partial charge in [0.05, 0.1) is 0 Å². The van der Waals surface area contributed by atoms with E-state index in [9.17, 15) is 4.39 Å². The fourth-order valence-electron chi connectivity index (χ4n) is 4.24. The highest BCUT2D eigenvalue weighted by Crippen LogP contribution is 2.33. The molecule has 1 aromatic carbocycles. The molecule has 0 aliphatic carbocycles. The first-order chi connectivity index (χ1) is 12.6. The second-order valence-corrected chi connectivity index (χ2v) is 7.28. The smallest absolute Gasteiger partial charge is 0.222 e. The second-order valence-electron chi connectivity index (χ2n) is 7.28. The van der Waals surface area contributed by atoms with Gasteiger partial charge in [0.15, 0.2) is 0 Å². The molecule has 3 unspecified atom stereocenters. The van der Waals surface area contributed by atoms with Crippen LogP contribution in [-0.2, 0) is 0 Å². The summed E-state index contributed by atoms with van der Waals surface area (Å²) in [6.45, 7) is 4.70. The van der Waals surface area contributed by atoms with Crippen LogP contribution in [0.2, 0.25) is 0 Å². The summed E-state index contributed by atoms with van der Waals surface area (Å²) >= 11 is 0. The lowest BCUT2D eigenvalue weighted by molar-refractivity contribution is 0.304. The minimum absolute atomic E-state index is 0.190. The Morgan fingerprint density at radius 2 is 2.04 bits per heavy atom. The minimum Gasteiger partial charge on any atom is -0.368 e. The Kier molecular flexibility index (Phi) is 4.74. The van der Waals surface area contributed by atoms with Gasteiger partial charge in [-0.1, -0.05) is 12.1 Å². The summed E-state index contributed by atoms with van der Waals surface area (Å²) in [5.74, 6) is 1.85. The highest BCUT2D eigenvalue weighted by molar-refractivity contribution is 5.44. The van der Waals surface area contributed by atoms with Crippen molar-refractivity contribution >= 4 is 11.8 Å². The lowest BCUT2D eigenvalue weighted by Gasteiger charge is -2.38.